The van der Waals surface area contributed by atoms with Crippen LogP contribution >= 0.6 is 0 Å². The van der Waals surface area contributed by atoms with Crippen LogP contribution < -0.4 is 5.73 Å². The van der Waals surface area contributed by atoms with Crippen LogP contribution in [0.1, 0.15) is 18.5 Å². The lowest BCUT2D eigenvalue weighted by atomic mass is 10.3. The van der Waals surface area contributed by atoms with E-state index in [4.69, 9.17) is 5.73 Å². The minimum atomic E-state index is 0.792. The molecule has 4 heteroatoms. The van der Waals surface area contributed by atoms with E-state index >= 15 is 0 Å². The fourth-order valence-electron chi connectivity index (χ4n) is 2.24. The molecule has 0 spiro atoms. The fraction of sp³-hybridized carbons (Fsp3) is 0.615. The van der Waals surface area contributed by atoms with Gasteiger partial charge in [0.2, 0.25) is 0 Å². The minimum absolute atomic E-state index is 0.792. The lowest BCUT2D eigenvalue weighted by Crippen LogP contribution is -2.31. The Hall–Kier alpha value is -1.13. The Morgan fingerprint density at radius 2 is 2.18 bits per heavy atom. The van der Waals surface area contributed by atoms with Gasteiger partial charge in [0.1, 0.15) is 0 Å². The van der Waals surface area contributed by atoms with Gasteiger partial charge in [-0.05, 0) is 45.1 Å². The highest BCUT2D eigenvalue weighted by molar-refractivity contribution is 5.41. The zero-order chi connectivity index (χ0) is 12.1. The Kier molecular flexibility index (Phi) is 4.34. The van der Waals surface area contributed by atoms with E-state index in [0.29, 0.717) is 0 Å². The zero-order valence-electron chi connectivity index (χ0n) is 10.6. The number of aromatic nitrogens is 1. The molecular weight excluding hydrogens is 212 g/mol. The van der Waals surface area contributed by atoms with Gasteiger partial charge in [-0.25, -0.2) is 0 Å². The van der Waals surface area contributed by atoms with Gasteiger partial charge in [-0.2, -0.15) is 0 Å². The highest BCUT2D eigenvalue weighted by Crippen LogP contribution is 2.10. The summed E-state index contributed by atoms with van der Waals surface area (Å²) in [4.78, 5) is 9.13. The molecule has 0 atom stereocenters. The van der Waals surface area contributed by atoms with Crippen molar-refractivity contribution in [2.75, 3.05) is 39.0 Å². The number of nitrogen functional groups attached to an aromatic ring is 1. The van der Waals surface area contributed by atoms with Crippen molar-refractivity contribution < 1.29 is 0 Å². The Bertz CT molecular complexity index is 347. The van der Waals surface area contributed by atoms with Gasteiger partial charge in [-0.15, -0.1) is 0 Å². The van der Waals surface area contributed by atoms with E-state index in [-0.39, 0.29) is 0 Å². The topological polar surface area (TPSA) is 45.4 Å². The normalized spacial score (nSPS) is 16.8. The van der Waals surface area contributed by atoms with Crippen LogP contribution in [0.3, 0.4) is 0 Å². The van der Waals surface area contributed by atoms with Crippen molar-refractivity contribution in [1.82, 2.24) is 14.8 Å². The molecule has 0 amide bonds. The molecule has 2 N–H and O–H groups in total. The molecule has 17 heavy (non-hydrogen) atoms. The highest BCUT2D eigenvalue weighted by Gasteiger charge is 2.12. The van der Waals surface area contributed by atoms with Gasteiger partial charge in [0, 0.05) is 25.8 Å². The molecule has 1 aromatic heterocycles. The van der Waals surface area contributed by atoms with Crippen LogP contribution in [0.25, 0.3) is 0 Å². The van der Waals surface area contributed by atoms with Crippen LogP contribution in [0.5, 0.6) is 0 Å². The number of likely N-dealkylation sites (N-methyl/N-ethyl adjacent to an activating group) is 1. The van der Waals surface area contributed by atoms with E-state index in [1.54, 1.807) is 6.20 Å². The lowest BCUT2D eigenvalue weighted by Gasteiger charge is -2.21. The molecule has 0 aliphatic carbocycles. The number of nitrogens with two attached hydrogens (primary N) is 1. The zero-order valence-corrected chi connectivity index (χ0v) is 10.6. The molecule has 1 aliphatic heterocycles. The highest BCUT2D eigenvalue weighted by atomic mass is 15.2. The third-order valence-corrected chi connectivity index (χ3v) is 3.34. The molecule has 1 saturated heterocycles. The van der Waals surface area contributed by atoms with Crippen LogP contribution in [0.15, 0.2) is 18.3 Å². The van der Waals surface area contributed by atoms with E-state index in [1.807, 2.05) is 12.1 Å². The molecule has 94 valence electrons. The summed E-state index contributed by atoms with van der Waals surface area (Å²) in [5.41, 5.74) is 7.66. The molecule has 1 fully saturated rings. The summed E-state index contributed by atoms with van der Waals surface area (Å²) < 4.78 is 0. The third kappa shape index (κ3) is 3.68. The first kappa shape index (κ1) is 12.3. The molecule has 1 aromatic rings. The number of hydrogen-bond acceptors (Lipinski definition) is 4. The molecule has 0 saturated carbocycles. The summed E-state index contributed by atoms with van der Waals surface area (Å²) in [6, 6.07) is 3.79. The van der Waals surface area contributed by atoms with Crippen LogP contribution in [0.4, 0.5) is 5.69 Å². The van der Waals surface area contributed by atoms with Crippen molar-refractivity contribution in [2.45, 2.75) is 19.4 Å². The smallest absolute Gasteiger partial charge is 0.0772 e. The summed E-state index contributed by atoms with van der Waals surface area (Å²) in [5.74, 6) is 0. The lowest BCUT2D eigenvalue weighted by molar-refractivity contribution is 0.251. The first-order valence-electron chi connectivity index (χ1n) is 6.36. The standard InChI is InChI=1S/C13H22N4/c1-16(9-10-17-7-2-3-8-17)11-13-12(14)5-4-6-15-13/h4-6H,2-3,7-11,14H2,1H3. The summed E-state index contributed by atoms with van der Waals surface area (Å²) in [6.45, 7) is 5.60. The summed E-state index contributed by atoms with van der Waals surface area (Å²) >= 11 is 0. The van der Waals surface area contributed by atoms with Crippen molar-refractivity contribution in [3.8, 4) is 0 Å². The van der Waals surface area contributed by atoms with Gasteiger partial charge in [-0.3, -0.25) is 9.88 Å². The molecule has 4 nitrogen and oxygen atoms in total. The molecule has 0 unspecified atom stereocenters. The first-order chi connectivity index (χ1) is 8.25. The van der Waals surface area contributed by atoms with E-state index < -0.39 is 0 Å². The maximum atomic E-state index is 5.89. The predicted octanol–water partition coefficient (Wildman–Crippen LogP) is 1.19. The molecule has 2 heterocycles. The third-order valence-electron chi connectivity index (χ3n) is 3.34. The van der Waals surface area contributed by atoms with E-state index in [9.17, 15) is 0 Å². The van der Waals surface area contributed by atoms with Crippen molar-refractivity contribution in [1.29, 1.82) is 0 Å². The van der Waals surface area contributed by atoms with Gasteiger partial charge < -0.3 is 10.6 Å². The molecular formula is C13H22N4. The average molecular weight is 234 g/mol. The molecule has 0 bridgehead atoms. The second kappa shape index (κ2) is 5.98. The summed E-state index contributed by atoms with van der Waals surface area (Å²) in [7, 11) is 2.13. The largest absolute Gasteiger partial charge is 0.397 e. The predicted molar refractivity (Wildman–Crippen MR) is 70.7 cm³/mol. The molecule has 0 aromatic carbocycles. The number of likely N-dealkylation sites (tertiary alicyclic amines) is 1. The number of pyridine rings is 1. The molecule has 0 radical (unpaired) electrons. The van der Waals surface area contributed by atoms with Gasteiger partial charge in [0.05, 0.1) is 11.4 Å². The maximum Gasteiger partial charge on any atom is 0.0772 e. The van der Waals surface area contributed by atoms with Crippen molar-refractivity contribution in [3.63, 3.8) is 0 Å². The summed E-state index contributed by atoms with van der Waals surface area (Å²) in [5, 5.41) is 0. The quantitative estimate of drug-likeness (QED) is 0.831. The number of nitrogens with zero attached hydrogens (tertiary/aromatic N) is 3. The molecule has 2 rings (SSSR count). The van der Waals surface area contributed by atoms with Crippen molar-refractivity contribution in [2.24, 2.45) is 0 Å². The van der Waals surface area contributed by atoms with Gasteiger partial charge >= 0.3 is 0 Å². The van der Waals surface area contributed by atoms with E-state index in [2.05, 4.69) is 21.8 Å². The Morgan fingerprint density at radius 1 is 1.41 bits per heavy atom. The van der Waals surface area contributed by atoms with Crippen LogP contribution in [-0.2, 0) is 6.54 Å². The van der Waals surface area contributed by atoms with E-state index in [0.717, 1.165) is 31.0 Å². The second-order valence-electron chi connectivity index (χ2n) is 4.83. The Morgan fingerprint density at radius 3 is 2.88 bits per heavy atom. The van der Waals surface area contributed by atoms with Gasteiger partial charge in [0.15, 0.2) is 0 Å². The number of rotatable bonds is 5. The Labute approximate surface area is 103 Å². The van der Waals surface area contributed by atoms with Crippen LogP contribution in [0, 0.1) is 0 Å². The minimum Gasteiger partial charge on any atom is -0.397 e. The van der Waals surface area contributed by atoms with E-state index in [1.165, 1.54) is 25.9 Å². The first-order valence-corrected chi connectivity index (χ1v) is 6.36. The number of hydrogen-bond donors (Lipinski definition) is 1. The van der Waals surface area contributed by atoms with Crippen molar-refractivity contribution >= 4 is 5.69 Å². The average Bonchev–Trinajstić information content (AvgIpc) is 2.82. The van der Waals surface area contributed by atoms with Gasteiger partial charge in [-0.1, -0.05) is 0 Å². The Balaban J connectivity index is 1.76. The van der Waals surface area contributed by atoms with Crippen LogP contribution in [0.2, 0.25) is 0 Å². The van der Waals surface area contributed by atoms with Gasteiger partial charge in [0.25, 0.3) is 0 Å². The molecule has 1 aliphatic rings. The monoisotopic (exact) mass is 234 g/mol. The van der Waals surface area contributed by atoms with Crippen LogP contribution in [-0.4, -0.2) is 48.0 Å². The SMILES string of the molecule is CN(CCN1CCCC1)Cc1ncccc1N. The van der Waals surface area contributed by atoms with Crippen molar-refractivity contribution in [3.05, 3.63) is 24.0 Å². The second-order valence-corrected chi connectivity index (χ2v) is 4.83. The maximum absolute atomic E-state index is 5.89. The summed E-state index contributed by atoms with van der Waals surface area (Å²) in [6.07, 6.45) is 4.52. The fourth-order valence-corrected chi connectivity index (χ4v) is 2.24. The number of anilines is 1.